The van der Waals surface area contributed by atoms with E-state index in [1.54, 1.807) is 0 Å². The third-order valence-corrected chi connectivity index (χ3v) is 3.60. The highest BCUT2D eigenvalue weighted by Crippen LogP contribution is 2.24. The second kappa shape index (κ2) is 6.58. The molecule has 2 atom stereocenters. The first-order valence-corrected chi connectivity index (χ1v) is 6.52. The Morgan fingerprint density at radius 3 is 2.75 bits per heavy atom. The number of hydrogen-bond donors (Lipinski definition) is 2. The van der Waals surface area contributed by atoms with E-state index in [9.17, 15) is 0 Å². The summed E-state index contributed by atoms with van der Waals surface area (Å²) in [5.74, 6) is 0.711. The van der Waals surface area contributed by atoms with Gasteiger partial charge < -0.3 is 15.4 Å². The van der Waals surface area contributed by atoms with Crippen LogP contribution in [0.3, 0.4) is 0 Å². The highest BCUT2D eigenvalue weighted by atomic mass is 16.5. The maximum atomic E-state index is 5.42. The molecule has 96 valence electrons. The molecular weight excluding hydrogens is 200 g/mol. The van der Waals surface area contributed by atoms with E-state index in [-0.39, 0.29) is 0 Å². The van der Waals surface area contributed by atoms with Crippen LogP contribution in [0.4, 0.5) is 0 Å². The monoisotopic (exact) mass is 228 g/mol. The quantitative estimate of drug-likeness (QED) is 0.702. The van der Waals surface area contributed by atoms with E-state index in [4.69, 9.17) is 4.74 Å². The molecule has 0 bridgehead atoms. The Kier molecular flexibility index (Phi) is 5.73. The van der Waals surface area contributed by atoms with Crippen LogP contribution < -0.4 is 10.6 Å². The van der Waals surface area contributed by atoms with Crippen molar-refractivity contribution < 1.29 is 4.74 Å². The zero-order chi connectivity index (χ0) is 12.0. The maximum Gasteiger partial charge on any atom is 0.0620 e. The Bertz CT molecular complexity index is 183. The van der Waals surface area contributed by atoms with Gasteiger partial charge in [0.25, 0.3) is 0 Å². The van der Waals surface area contributed by atoms with E-state index in [0.717, 1.165) is 39.3 Å². The van der Waals surface area contributed by atoms with Crippen LogP contribution in [-0.2, 0) is 4.74 Å². The van der Waals surface area contributed by atoms with Gasteiger partial charge in [-0.2, -0.15) is 0 Å². The second-order valence-corrected chi connectivity index (χ2v) is 5.99. The molecule has 3 nitrogen and oxygen atoms in total. The minimum Gasteiger partial charge on any atom is -0.379 e. The second-order valence-electron chi connectivity index (χ2n) is 5.99. The van der Waals surface area contributed by atoms with E-state index >= 15 is 0 Å². The lowest BCUT2D eigenvalue weighted by Gasteiger charge is -2.28. The Balaban J connectivity index is 2.02. The van der Waals surface area contributed by atoms with E-state index in [2.05, 4.69) is 38.3 Å². The fourth-order valence-electron chi connectivity index (χ4n) is 1.71. The smallest absolute Gasteiger partial charge is 0.0620 e. The molecule has 0 radical (unpaired) electrons. The number of hydrogen-bond acceptors (Lipinski definition) is 3. The minimum atomic E-state index is 0.402. The van der Waals surface area contributed by atoms with Crippen molar-refractivity contribution in [3.05, 3.63) is 0 Å². The summed E-state index contributed by atoms with van der Waals surface area (Å²) in [7, 11) is 0. The molecule has 0 aromatic heterocycles. The minimum absolute atomic E-state index is 0.402. The topological polar surface area (TPSA) is 33.3 Å². The van der Waals surface area contributed by atoms with E-state index in [1.165, 1.54) is 0 Å². The summed E-state index contributed by atoms with van der Waals surface area (Å²) >= 11 is 0. The van der Waals surface area contributed by atoms with Gasteiger partial charge >= 0.3 is 0 Å². The van der Waals surface area contributed by atoms with Gasteiger partial charge in [0.15, 0.2) is 0 Å². The predicted octanol–water partition coefficient (Wildman–Crippen LogP) is 1.64. The Labute approximate surface area is 100 Å². The molecule has 0 amide bonds. The third-order valence-electron chi connectivity index (χ3n) is 3.60. The summed E-state index contributed by atoms with van der Waals surface area (Å²) in [6.45, 7) is 14.2. The summed E-state index contributed by atoms with van der Waals surface area (Å²) < 4.78 is 5.42. The average Bonchev–Trinajstić information content (AvgIpc) is 2.24. The van der Waals surface area contributed by atoms with Crippen LogP contribution >= 0.6 is 0 Å². The van der Waals surface area contributed by atoms with Crippen LogP contribution in [0.2, 0.25) is 0 Å². The fourth-order valence-corrected chi connectivity index (χ4v) is 1.71. The summed E-state index contributed by atoms with van der Waals surface area (Å²) in [6.07, 6.45) is 1.16. The van der Waals surface area contributed by atoms with Gasteiger partial charge in [-0.3, -0.25) is 0 Å². The van der Waals surface area contributed by atoms with Crippen LogP contribution in [0.5, 0.6) is 0 Å². The van der Waals surface area contributed by atoms with Gasteiger partial charge in [0, 0.05) is 12.6 Å². The zero-order valence-corrected chi connectivity index (χ0v) is 11.3. The number of morpholine rings is 1. The van der Waals surface area contributed by atoms with Crippen molar-refractivity contribution in [2.75, 3.05) is 32.8 Å². The Morgan fingerprint density at radius 1 is 1.44 bits per heavy atom. The fraction of sp³-hybridized carbons (Fsp3) is 1.00. The van der Waals surface area contributed by atoms with E-state index < -0.39 is 0 Å². The molecule has 1 aliphatic heterocycles. The van der Waals surface area contributed by atoms with E-state index in [0.29, 0.717) is 17.4 Å². The highest BCUT2D eigenvalue weighted by molar-refractivity contribution is 4.74. The van der Waals surface area contributed by atoms with E-state index in [1.807, 2.05) is 0 Å². The van der Waals surface area contributed by atoms with Gasteiger partial charge in [-0.1, -0.05) is 27.7 Å². The van der Waals surface area contributed by atoms with Gasteiger partial charge in [0.05, 0.1) is 13.2 Å². The lowest BCUT2D eigenvalue weighted by molar-refractivity contribution is 0.0740. The molecule has 2 N–H and O–H groups in total. The van der Waals surface area contributed by atoms with Gasteiger partial charge in [0.1, 0.15) is 0 Å². The zero-order valence-electron chi connectivity index (χ0n) is 11.3. The largest absolute Gasteiger partial charge is 0.379 e. The summed E-state index contributed by atoms with van der Waals surface area (Å²) in [5, 5.41) is 7.02. The number of rotatable bonds is 5. The summed E-state index contributed by atoms with van der Waals surface area (Å²) in [5.41, 5.74) is 0.402. The van der Waals surface area contributed by atoms with Crippen LogP contribution in [0.25, 0.3) is 0 Å². The summed E-state index contributed by atoms with van der Waals surface area (Å²) in [6, 6.07) is 0.547. The molecule has 0 spiro atoms. The number of ether oxygens (including phenoxy) is 1. The van der Waals surface area contributed by atoms with Crippen molar-refractivity contribution in [2.24, 2.45) is 11.3 Å². The molecule has 1 rings (SSSR count). The van der Waals surface area contributed by atoms with Crippen LogP contribution in [0.15, 0.2) is 0 Å². The highest BCUT2D eigenvalue weighted by Gasteiger charge is 2.19. The molecule has 1 fully saturated rings. The lowest BCUT2D eigenvalue weighted by Crippen LogP contribution is -2.43. The Morgan fingerprint density at radius 2 is 2.19 bits per heavy atom. The van der Waals surface area contributed by atoms with Gasteiger partial charge in [0.2, 0.25) is 0 Å². The van der Waals surface area contributed by atoms with Crippen LogP contribution in [-0.4, -0.2) is 38.9 Å². The van der Waals surface area contributed by atoms with Crippen molar-refractivity contribution in [3.63, 3.8) is 0 Å². The van der Waals surface area contributed by atoms with Crippen molar-refractivity contribution in [3.8, 4) is 0 Å². The first kappa shape index (κ1) is 13.9. The molecular formula is C13H28N2O. The third kappa shape index (κ3) is 5.28. The van der Waals surface area contributed by atoms with Crippen molar-refractivity contribution in [1.82, 2.24) is 10.6 Å². The molecule has 0 aliphatic carbocycles. The molecule has 1 heterocycles. The van der Waals surface area contributed by atoms with Gasteiger partial charge in [-0.15, -0.1) is 0 Å². The van der Waals surface area contributed by atoms with Gasteiger partial charge in [-0.25, -0.2) is 0 Å². The maximum absolute atomic E-state index is 5.42. The van der Waals surface area contributed by atoms with Gasteiger partial charge in [-0.05, 0) is 30.8 Å². The SMILES string of the molecule is CC(CNCCC1COCCN1)C(C)(C)C. The standard InChI is InChI=1S/C13H28N2O/c1-11(13(2,3)4)9-14-6-5-12-10-16-8-7-15-12/h11-12,14-15H,5-10H2,1-4H3. The molecule has 0 aromatic rings. The molecule has 3 heteroatoms. The summed E-state index contributed by atoms with van der Waals surface area (Å²) in [4.78, 5) is 0. The Hall–Kier alpha value is -0.120. The molecule has 0 saturated carbocycles. The number of nitrogens with one attached hydrogen (secondary N) is 2. The van der Waals surface area contributed by atoms with Crippen molar-refractivity contribution >= 4 is 0 Å². The molecule has 16 heavy (non-hydrogen) atoms. The molecule has 0 aromatic carbocycles. The lowest BCUT2D eigenvalue weighted by atomic mass is 9.82. The first-order chi connectivity index (χ1) is 7.50. The molecule has 2 unspecified atom stereocenters. The molecule has 1 aliphatic rings. The average molecular weight is 228 g/mol. The van der Waals surface area contributed by atoms with Crippen LogP contribution in [0.1, 0.15) is 34.1 Å². The molecule has 1 saturated heterocycles. The first-order valence-electron chi connectivity index (χ1n) is 6.52. The normalized spacial score (nSPS) is 24.4. The van der Waals surface area contributed by atoms with Crippen molar-refractivity contribution in [1.29, 1.82) is 0 Å². The van der Waals surface area contributed by atoms with Crippen molar-refractivity contribution in [2.45, 2.75) is 40.2 Å². The van der Waals surface area contributed by atoms with Crippen LogP contribution in [0, 0.1) is 11.3 Å². The predicted molar refractivity (Wildman–Crippen MR) is 68.7 cm³/mol.